The monoisotopic (exact) mass is 519 g/mol. The normalized spacial score (nSPS) is 13.3. The van der Waals surface area contributed by atoms with Gasteiger partial charge in [-0.1, -0.05) is 44.2 Å². The number of rotatable bonds is 12. The van der Waals surface area contributed by atoms with Gasteiger partial charge in [0.15, 0.2) is 0 Å². The molecule has 8 heteroatoms. The maximum absolute atomic E-state index is 14.1. The highest BCUT2D eigenvalue weighted by molar-refractivity contribution is 7.98. The molecule has 1 aromatic rings. The predicted octanol–water partition coefficient (Wildman–Crippen LogP) is 5.56. The zero-order valence-electron chi connectivity index (χ0n) is 23.3. The van der Waals surface area contributed by atoms with Gasteiger partial charge >= 0.3 is 6.09 Å². The van der Waals surface area contributed by atoms with Crippen LogP contribution in [-0.4, -0.2) is 58.5 Å². The van der Waals surface area contributed by atoms with Crippen LogP contribution in [0.4, 0.5) is 4.79 Å². The number of nitrogens with one attached hydrogen (secondary N) is 2. The number of amides is 3. The van der Waals surface area contributed by atoms with Crippen molar-refractivity contribution in [3.05, 3.63) is 42.0 Å². The maximum atomic E-state index is 14.1. The first kappa shape index (κ1) is 31.5. The third kappa shape index (κ3) is 10.2. The smallest absolute Gasteiger partial charge is 0.408 e. The number of hydrogen-bond donors (Lipinski definition) is 2. The summed E-state index contributed by atoms with van der Waals surface area (Å²) in [6.45, 7) is 17.4. The number of thioether (sulfide) groups is 1. The van der Waals surface area contributed by atoms with Crippen molar-refractivity contribution < 1.29 is 19.1 Å². The summed E-state index contributed by atoms with van der Waals surface area (Å²) in [5.74, 6) is 0.0691. The van der Waals surface area contributed by atoms with Gasteiger partial charge < -0.3 is 20.3 Å². The Balaban J connectivity index is 3.53. The Morgan fingerprint density at radius 1 is 1.17 bits per heavy atom. The van der Waals surface area contributed by atoms with E-state index in [2.05, 4.69) is 24.1 Å². The van der Waals surface area contributed by atoms with E-state index >= 15 is 0 Å². The van der Waals surface area contributed by atoms with Gasteiger partial charge in [0.1, 0.15) is 17.7 Å². The molecule has 2 unspecified atom stereocenters. The second-order valence-corrected chi connectivity index (χ2v) is 11.8. The van der Waals surface area contributed by atoms with Crippen LogP contribution in [0.15, 0.2) is 30.8 Å². The topological polar surface area (TPSA) is 87.7 Å². The molecule has 0 bridgehead atoms. The standard InChI is InChI=1S/C28H45N3O4S/c1-10-12-17-29-24(32)23(21-15-13-14-20(11-2)19-21)31(27(3,4)5)25(33)22(16-18-36-9)30-26(34)35-28(6,7)8/h11,13-15,19,22-23H,2,10,12,16-18H2,1,3-9H3,(H,29,32)(H,30,34). The van der Waals surface area contributed by atoms with E-state index in [-0.39, 0.29) is 11.8 Å². The summed E-state index contributed by atoms with van der Waals surface area (Å²) in [4.78, 5) is 42.0. The van der Waals surface area contributed by atoms with E-state index < -0.39 is 29.3 Å². The average molecular weight is 520 g/mol. The van der Waals surface area contributed by atoms with Crippen LogP contribution in [0, 0.1) is 0 Å². The summed E-state index contributed by atoms with van der Waals surface area (Å²) >= 11 is 1.58. The fraction of sp³-hybridized carbons (Fsp3) is 0.607. The predicted molar refractivity (Wildman–Crippen MR) is 150 cm³/mol. The van der Waals surface area contributed by atoms with E-state index in [1.807, 2.05) is 51.3 Å². The van der Waals surface area contributed by atoms with Crippen LogP contribution in [0.3, 0.4) is 0 Å². The third-order valence-corrected chi connectivity index (χ3v) is 6.00. The molecule has 0 radical (unpaired) electrons. The van der Waals surface area contributed by atoms with Crippen molar-refractivity contribution >= 4 is 35.7 Å². The minimum atomic E-state index is -0.883. The highest BCUT2D eigenvalue weighted by atomic mass is 32.2. The minimum Gasteiger partial charge on any atom is -0.444 e. The van der Waals surface area contributed by atoms with Crippen LogP contribution in [0.2, 0.25) is 0 Å². The Labute approximate surface area is 221 Å². The average Bonchev–Trinajstić information content (AvgIpc) is 2.77. The second-order valence-electron chi connectivity index (χ2n) is 10.8. The third-order valence-electron chi connectivity index (χ3n) is 5.36. The number of carbonyl (C=O) groups is 3. The lowest BCUT2D eigenvalue weighted by Gasteiger charge is -2.43. The summed E-state index contributed by atoms with van der Waals surface area (Å²) in [5.41, 5.74) is 0.117. The molecule has 2 atom stereocenters. The molecule has 0 aliphatic carbocycles. The fourth-order valence-corrected chi connectivity index (χ4v) is 4.19. The van der Waals surface area contributed by atoms with E-state index in [4.69, 9.17) is 4.74 Å². The molecule has 0 aromatic heterocycles. The van der Waals surface area contributed by atoms with Crippen LogP contribution < -0.4 is 10.6 Å². The lowest BCUT2D eigenvalue weighted by atomic mass is 9.94. The van der Waals surface area contributed by atoms with Crippen LogP contribution in [-0.2, 0) is 14.3 Å². The first-order valence-electron chi connectivity index (χ1n) is 12.6. The van der Waals surface area contributed by atoms with Crippen LogP contribution in [0.25, 0.3) is 6.08 Å². The summed E-state index contributed by atoms with van der Waals surface area (Å²) in [6, 6.07) is 5.75. The maximum Gasteiger partial charge on any atom is 0.408 e. The molecule has 0 saturated carbocycles. The highest BCUT2D eigenvalue weighted by Gasteiger charge is 2.41. The molecule has 1 rings (SSSR count). The van der Waals surface area contributed by atoms with Gasteiger partial charge in [-0.05, 0) is 83.6 Å². The number of alkyl carbamates (subject to hydrolysis) is 1. The molecule has 0 aliphatic heterocycles. The summed E-state index contributed by atoms with van der Waals surface area (Å²) in [5, 5.41) is 5.77. The Morgan fingerprint density at radius 3 is 2.36 bits per heavy atom. The first-order valence-corrected chi connectivity index (χ1v) is 14.0. The number of unbranched alkanes of at least 4 members (excludes halogenated alkanes) is 1. The van der Waals surface area contributed by atoms with Gasteiger partial charge in [0.05, 0.1) is 0 Å². The van der Waals surface area contributed by atoms with Gasteiger partial charge in [0.25, 0.3) is 0 Å². The van der Waals surface area contributed by atoms with E-state index in [0.29, 0.717) is 24.3 Å². The van der Waals surface area contributed by atoms with Crippen LogP contribution >= 0.6 is 11.8 Å². The van der Waals surface area contributed by atoms with Crippen molar-refractivity contribution in [1.82, 2.24) is 15.5 Å². The molecule has 202 valence electrons. The van der Waals surface area contributed by atoms with Crippen LogP contribution in [0.5, 0.6) is 0 Å². The largest absolute Gasteiger partial charge is 0.444 e. The lowest BCUT2D eigenvalue weighted by molar-refractivity contribution is -0.148. The van der Waals surface area contributed by atoms with Gasteiger partial charge in [-0.2, -0.15) is 11.8 Å². The Morgan fingerprint density at radius 2 is 1.83 bits per heavy atom. The molecule has 0 saturated heterocycles. The second kappa shape index (κ2) is 14.3. The van der Waals surface area contributed by atoms with E-state index in [1.54, 1.807) is 43.5 Å². The molecule has 0 spiro atoms. The Bertz CT molecular complexity index is 890. The summed E-state index contributed by atoms with van der Waals surface area (Å²) < 4.78 is 5.43. The molecule has 0 fully saturated rings. The highest BCUT2D eigenvalue weighted by Crippen LogP contribution is 2.31. The molecular formula is C28H45N3O4S. The molecule has 0 aliphatic rings. The van der Waals surface area contributed by atoms with Crippen molar-refractivity contribution in [2.75, 3.05) is 18.6 Å². The van der Waals surface area contributed by atoms with Gasteiger partial charge in [0.2, 0.25) is 11.8 Å². The number of benzene rings is 1. The summed E-state index contributed by atoms with van der Waals surface area (Å²) in [6.07, 6.45) is 5.18. The number of nitrogens with zero attached hydrogens (tertiary/aromatic N) is 1. The van der Waals surface area contributed by atoms with Gasteiger partial charge in [-0.25, -0.2) is 4.79 Å². The van der Waals surface area contributed by atoms with Crippen molar-refractivity contribution in [3.8, 4) is 0 Å². The van der Waals surface area contributed by atoms with Crippen molar-refractivity contribution in [1.29, 1.82) is 0 Å². The lowest BCUT2D eigenvalue weighted by Crippen LogP contribution is -2.58. The summed E-state index contributed by atoms with van der Waals surface area (Å²) in [7, 11) is 0. The molecule has 36 heavy (non-hydrogen) atoms. The zero-order valence-corrected chi connectivity index (χ0v) is 24.1. The molecule has 2 N–H and O–H groups in total. The molecule has 7 nitrogen and oxygen atoms in total. The molecular weight excluding hydrogens is 474 g/mol. The van der Waals surface area contributed by atoms with E-state index in [0.717, 1.165) is 18.4 Å². The van der Waals surface area contributed by atoms with Crippen molar-refractivity contribution in [2.24, 2.45) is 0 Å². The van der Waals surface area contributed by atoms with Gasteiger partial charge in [-0.15, -0.1) is 0 Å². The Hall–Kier alpha value is -2.48. The zero-order chi connectivity index (χ0) is 27.5. The molecule has 1 aromatic carbocycles. The van der Waals surface area contributed by atoms with Crippen molar-refractivity contribution in [3.63, 3.8) is 0 Å². The first-order chi connectivity index (χ1) is 16.7. The number of ether oxygens (including phenoxy) is 1. The number of hydrogen-bond acceptors (Lipinski definition) is 5. The van der Waals surface area contributed by atoms with Crippen LogP contribution in [0.1, 0.15) is 84.9 Å². The SMILES string of the molecule is C=Cc1cccc(C(C(=O)NCCCC)N(C(=O)C(CCSC)NC(=O)OC(C)(C)C)C(C)(C)C)c1. The van der Waals surface area contributed by atoms with E-state index in [1.165, 1.54) is 0 Å². The van der Waals surface area contributed by atoms with Crippen molar-refractivity contribution in [2.45, 2.75) is 91.0 Å². The molecule has 0 heterocycles. The van der Waals surface area contributed by atoms with Gasteiger partial charge in [-0.3, -0.25) is 9.59 Å². The minimum absolute atomic E-state index is 0.256. The Kier molecular flexibility index (Phi) is 12.5. The fourth-order valence-electron chi connectivity index (χ4n) is 3.71. The van der Waals surface area contributed by atoms with Gasteiger partial charge in [0, 0.05) is 12.1 Å². The number of carbonyl (C=O) groups excluding carboxylic acids is 3. The molecule has 3 amide bonds. The quantitative estimate of drug-likeness (QED) is 0.353. The van der Waals surface area contributed by atoms with E-state index in [9.17, 15) is 14.4 Å².